The van der Waals surface area contributed by atoms with Gasteiger partial charge in [0.05, 0.1) is 5.56 Å². The molecule has 1 aromatic rings. The Kier molecular flexibility index (Phi) is 7.58. The van der Waals surface area contributed by atoms with E-state index >= 15 is 0 Å². The molecule has 0 unspecified atom stereocenters. The lowest BCUT2D eigenvalue weighted by molar-refractivity contribution is 0.0944. The van der Waals surface area contributed by atoms with Gasteiger partial charge in [-0.3, -0.25) is 4.79 Å². The molecule has 19 heavy (non-hydrogen) atoms. The zero-order valence-electron chi connectivity index (χ0n) is 11.7. The molecule has 0 bridgehead atoms. The number of nitrogens with one attached hydrogen (secondary N) is 2. The van der Waals surface area contributed by atoms with E-state index in [1.54, 1.807) is 12.3 Å². The Hall–Kier alpha value is -1.62. The maximum Gasteiger partial charge on any atom is 0.252 e. The monoisotopic (exact) mass is 265 g/mol. The third kappa shape index (κ3) is 6.20. The number of aromatic nitrogens is 1. The van der Waals surface area contributed by atoms with Gasteiger partial charge < -0.3 is 15.4 Å². The van der Waals surface area contributed by atoms with E-state index in [1.807, 2.05) is 13.0 Å². The number of hydrogen-bond acceptors (Lipinski definition) is 4. The van der Waals surface area contributed by atoms with E-state index in [9.17, 15) is 4.79 Å². The van der Waals surface area contributed by atoms with Gasteiger partial charge in [0, 0.05) is 32.5 Å². The molecule has 5 nitrogen and oxygen atoms in total. The molecular formula is C14H23N3O2. The minimum absolute atomic E-state index is 0.0916. The van der Waals surface area contributed by atoms with Crippen molar-refractivity contribution in [1.29, 1.82) is 0 Å². The van der Waals surface area contributed by atoms with Crippen molar-refractivity contribution >= 4 is 11.7 Å². The maximum absolute atomic E-state index is 11.8. The number of ether oxygens (including phenoxy) is 1. The summed E-state index contributed by atoms with van der Waals surface area (Å²) in [4.78, 5) is 16.0. The predicted molar refractivity (Wildman–Crippen MR) is 76.5 cm³/mol. The van der Waals surface area contributed by atoms with Crippen molar-refractivity contribution in [1.82, 2.24) is 10.3 Å². The van der Waals surface area contributed by atoms with Gasteiger partial charge in [-0.15, -0.1) is 0 Å². The van der Waals surface area contributed by atoms with Crippen LogP contribution in [0.1, 0.15) is 37.0 Å². The molecule has 0 radical (unpaired) electrons. The average molecular weight is 265 g/mol. The summed E-state index contributed by atoms with van der Waals surface area (Å²) in [5, 5.41) is 6.01. The zero-order valence-corrected chi connectivity index (χ0v) is 11.7. The summed E-state index contributed by atoms with van der Waals surface area (Å²) in [5.74, 6) is 0.709. The van der Waals surface area contributed by atoms with Gasteiger partial charge in [-0.25, -0.2) is 4.98 Å². The van der Waals surface area contributed by atoms with Crippen LogP contribution in [0, 0.1) is 0 Å². The summed E-state index contributed by atoms with van der Waals surface area (Å²) in [5.41, 5.74) is 0.582. The molecule has 0 aliphatic carbocycles. The lowest BCUT2D eigenvalue weighted by Gasteiger charge is -2.07. The predicted octanol–water partition coefficient (Wildman–Crippen LogP) is 2.06. The van der Waals surface area contributed by atoms with Crippen LogP contribution in [-0.2, 0) is 4.74 Å². The molecular weight excluding hydrogens is 242 g/mol. The van der Waals surface area contributed by atoms with Crippen molar-refractivity contribution in [3.05, 3.63) is 23.9 Å². The summed E-state index contributed by atoms with van der Waals surface area (Å²) in [6.07, 6.45) is 3.46. The fourth-order valence-corrected chi connectivity index (χ4v) is 1.51. The van der Waals surface area contributed by atoms with E-state index < -0.39 is 0 Å². The number of rotatable bonds is 9. The molecule has 0 atom stereocenters. The minimum Gasteiger partial charge on any atom is -0.382 e. The molecule has 1 rings (SSSR count). The van der Waals surface area contributed by atoms with Gasteiger partial charge in [0.2, 0.25) is 0 Å². The van der Waals surface area contributed by atoms with Crippen LogP contribution in [-0.4, -0.2) is 37.2 Å². The highest BCUT2D eigenvalue weighted by atomic mass is 16.5. The number of pyridine rings is 1. The fraction of sp³-hybridized carbons (Fsp3) is 0.571. The molecule has 1 amide bonds. The van der Waals surface area contributed by atoms with Gasteiger partial charge in [-0.05, 0) is 31.9 Å². The normalized spacial score (nSPS) is 10.2. The van der Waals surface area contributed by atoms with Gasteiger partial charge in [-0.2, -0.15) is 0 Å². The first kappa shape index (κ1) is 15.4. The minimum atomic E-state index is -0.0916. The highest BCUT2D eigenvalue weighted by molar-refractivity contribution is 5.93. The van der Waals surface area contributed by atoms with Crippen molar-refractivity contribution in [2.24, 2.45) is 0 Å². The van der Waals surface area contributed by atoms with Crippen molar-refractivity contribution < 1.29 is 9.53 Å². The first-order valence-corrected chi connectivity index (χ1v) is 6.83. The second-order valence-corrected chi connectivity index (χ2v) is 4.17. The van der Waals surface area contributed by atoms with Crippen LogP contribution in [0.5, 0.6) is 0 Å². The van der Waals surface area contributed by atoms with Gasteiger partial charge >= 0.3 is 0 Å². The molecule has 0 saturated carbocycles. The van der Waals surface area contributed by atoms with Gasteiger partial charge in [0.15, 0.2) is 0 Å². The number of anilines is 1. The van der Waals surface area contributed by atoms with E-state index in [-0.39, 0.29) is 5.91 Å². The lowest BCUT2D eigenvalue weighted by atomic mass is 10.2. The Balaban J connectivity index is 2.32. The highest BCUT2D eigenvalue weighted by Gasteiger charge is 2.05. The van der Waals surface area contributed by atoms with Gasteiger partial charge in [0.1, 0.15) is 5.82 Å². The lowest BCUT2D eigenvalue weighted by Crippen LogP contribution is -2.25. The molecule has 5 heteroatoms. The Morgan fingerprint density at radius 1 is 1.32 bits per heavy atom. The van der Waals surface area contributed by atoms with Crippen molar-refractivity contribution in [2.45, 2.75) is 26.7 Å². The maximum atomic E-state index is 11.8. The summed E-state index contributed by atoms with van der Waals surface area (Å²) >= 11 is 0. The first-order chi connectivity index (χ1) is 9.27. The quantitative estimate of drug-likeness (QED) is 0.671. The molecule has 1 heterocycles. The summed E-state index contributed by atoms with van der Waals surface area (Å²) in [6, 6.07) is 3.60. The SMILES string of the molecule is CCCNc1ccc(C(=O)NCCCOCC)cn1. The molecule has 0 spiro atoms. The Morgan fingerprint density at radius 2 is 2.16 bits per heavy atom. The molecule has 106 valence electrons. The number of amides is 1. The fourth-order valence-electron chi connectivity index (χ4n) is 1.51. The van der Waals surface area contributed by atoms with E-state index in [2.05, 4.69) is 22.5 Å². The topological polar surface area (TPSA) is 63.2 Å². The summed E-state index contributed by atoms with van der Waals surface area (Å²) in [7, 11) is 0. The van der Waals surface area contributed by atoms with Crippen LogP contribution in [0.4, 0.5) is 5.82 Å². The van der Waals surface area contributed by atoms with E-state index in [1.165, 1.54) is 0 Å². The van der Waals surface area contributed by atoms with Crippen LogP contribution in [0.25, 0.3) is 0 Å². The molecule has 0 aromatic carbocycles. The third-order valence-corrected chi connectivity index (χ3v) is 2.54. The highest BCUT2D eigenvalue weighted by Crippen LogP contribution is 2.05. The second kappa shape index (κ2) is 9.33. The second-order valence-electron chi connectivity index (χ2n) is 4.17. The Labute approximate surface area is 114 Å². The van der Waals surface area contributed by atoms with Crippen LogP contribution in [0.3, 0.4) is 0 Å². The largest absolute Gasteiger partial charge is 0.382 e. The summed E-state index contributed by atoms with van der Waals surface area (Å²) < 4.78 is 5.20. The van der Waals surface area contributed by atoms with Crippen LogP contribution >= 0.6 is 0 Å². The molecule has 0 fully saturated rings. The molecule has 0 aliphatic rings. The van der Waals surface area contributed by atoms with Crippen LogP contribution in [0.15, 0.2) is 18.3 Å². The molecule has 1 aromatic heterocycles. The number of carbonyl (C=O) groups excluding carboxylic acids is 1. The van der Waals surface area contributed by atoms with Crippen molar-refractivity contribution in [2.75, 3.05) is 31.6 Å². The molecule has 0 saturated heterocycles. The number of carbonyl (C=O) groups is 1. The average Bonchev–Trinajstić information content (AvgIpc) is 2.45. The molecule has 2 N–H and O–H groups in total. The Bertz CT molecular complexity index is 365. The van der Waals surface area contributed by atoms with Gasteiger partial charge in [0.25, 0.3) is 5.91 Å². The van der Waals surface area contributed by atoms with Gasteiger partial charge in [-0.1, -0.05) is 6.92 Å². The van der Waals surface area contributed by atoms with E-state index in [0.717, 1.165) is 25.2 Å². The number of nitrogens with zero attached hydrogens (tertiary/aromatic N) is 1. The third-order valence-electron chi connectivity index (χ3n) is 2.54. The van der Waals surface area contributed by atoms with Crippen LogP contribution in [0.2, 0.25) is 0 Å². The van der Waals surface area contributed by atoms with Crippen LogP contribution < -0.4 is 10.6 Å². The van der Waals surface area contributed by atoms with E-state index in [0.29, 0.717) is 25.3 Å². The number of hydrogen-bond donors (Lipinski definition) is 2. The summed E-state index contributed by atoms with van der Waals surface area (Å²) in [6.45, 7) is 6.94. The molecule has 0 aliphatic heterocycles. The smallest absolute Gasteiger partial charge is 0.252 e. The van der Waals surface area contributed by atoms with E-state index in [4.69, 9.17) is 4.74 Å². The first-order valence-electron chi connectivity index (χ1n) is 6.83. The Morgan fingerprint density at radius 3 is 2.79 bits per heavy atom. The zero-order chi connectivity index (χ0) is 13.9. The standard InChI is InChI=1S/C14H23N3O2/c1-3-8-15-13-7-6-12(11-17-13)14(18)16-9-5-10-19-4-2/h6-7,11H,3-5,8-10H2,1-2H3,(H,15,17)(H,16,18). The van der Waals surface area contributed by atoms with Crippen molar-refractivity contribution in [3.8, 4) is 0 Å². The van der Waals surface area contributed by atoms with Crippen molar-refractivity contribution in [3.63, 3.8) is 0 Å².